The molecule has 3 aromatic rings. The Morgan fingerprint density at radius 3 is 2.70 bits per heavy atom. The van der Waals surface area contributed by atoms with Crippen LogP contribution in [-0.2, 0) is 11.3 Å². The molecule has 0 aromatic heterocycles. The summed E-state index contributed by atoms with van der Waals surface area (Å²) in [7, 11) is 0. The predicted molar refractivity (Wildman–Crippen MR) is 113 cm³/mol. The molecule has 7 heteroatoms. The van der Waals surface area contributed by atoms with E-state index in [4.69, 9.17) is 4.74 Å². The number of halogens is 1. The Kier molecular flexibility index (Phi) is 5.18. The van der Waals surface area contributed by atoms with Crippen molar-refractivity contribution >= 4 is 39.9 Å². The number of hydrogen-bond donors (Lipinski definition) is 1. The van der Waals surface area contributed by atoms with Gasteiger partial charge in [-0.25, -0.2) is 14.2 Å². The first-order chi connectivity index (χ1) is 14.5. The number of aliphatic imine (C=N–C) groups is 1. The van der Waals surface area contributed by atoms with Crippen LogP contribution in [0.2, 0.25) is 0 Å². The number of hydrogen-bond acceptors (Lipinski definition) is 5. The number of carbonyl (C=O) groups excluding carboxylic acids is 2. The minimum atomic E-state index is -0.686. The highest BCUT2D eigenvalue weighted by Gasteiger charge is 2.22. The largest absolute Gasteiger partial charge is 0.462 e. The number of nitrogens with zero attached hydrogens (tertiary/aromatic N) is 2. The zero-order valence-electron chi connectivity index (χ0n) is 16.5. The van der Waals surface area contributed by atoms with Crippen molar-refractivity contribution in [3.63, 3.8) is 0 Å². The van der Waals surface area contributed by atoms with Crippen molar-refractivity contribution in [1.29, 1.82) is 0 Å². The Morgan fingerprint density at radius 2 is 1.93 bits per heavy atom. The molecule has 6 nitrogen and oxygen atoms in total. The number of amidine groups is 1. The number of carbonyl (C=O) groups is 2. The average Bonchev–Trinajstić information content (AvgIpc) is 2.71. The molecule has 0 fully saturated rings. The van der Waals surface area contributed by atoms with Gasteiger partial charge in [0.2, 0.25) is 0 Å². The summed E-state index contributed by atoms with van der Waals surface area (Å²) in [5, 5.41) is 8.79. The van der Waals surface area contributed by atoms with Gasteiger partial charge in [-0.15, -0.1) is 0 Å². The predicted octanol–water partition coefficient (Wildman–Crippen LogP) is 4.58. The molecule has 0 saturated heterocycles. The summed E-state index contributed by atoms with van der Waals surface area (Å²) in [6.07, 6.45) is 0. The van der Waals surface area contributed by atoms with E-state index in [1.807, 2.05) is 30.3 Å². The molecule has 0 aliphatic carbocycles. The number of amides is 1. The molecule has 1 N–H and O–H groups in total. The third-order valence-corrected chi connectivity index (χ3v) is 4.78. The maximum atomic E-state index is 14.2. The molecule has 1 heterocycles. The fourth-order valence-corrected chi connectivity index (χ4v) is 3.39. The lowest BCUT2D eigenvalue weighted by Crippen LogP contribution is -2.24. The Hall–Kier alpha value is -3.74. The van der Waals surface area contributed by atoms with Crippen LogP contribution in [0.15, 0.2) is 53.5 Å². The Labute approximate surface area is 172 Å². The van der Waals surface area contributed by atoms with Crippen LogP contribution in [0.1, 0.15) is 40.1 Å². The van der Waals surface area contributed by atoms with Crippen molar-refractivity contribution < 1.29 is 18.7 Å². The van der Waals surface area contributed by atoms with Crippen LogP contribution in [0, 0.1) is 5.82 Å². The molecule has 151 valence electrons. The lowest BCUT2D eigenvalue weighted by Gasteiger charge is -2.15. The maximum absolute atomic E-state index is 14.2. The van der Waals surface area contributed by atoms with Crippen LogP contribution in [0.4, 0.5) is 15.8 Å². The van der Waals surface area contributed by atoms with Gasteiger partial charge in [-0.2, -0.15) is 5.32 Å². The van der Waals surface area contributed by atoms with Gasteiger partial charge in [0, 0.05) is 12.2 Å². The number of fused-ring (bicyclic) bond motifs is 3. The quantitative estimate of drug-likeness (QED) is 0.631. The zero-order chi connectivity index (χ0) is 21.3. The molecule has 1 amide bonds. The summed E-state index contributed by atoms with van der Waals surface area (Å²) in [6, 6.07) is 13.8. The number of esters is 1. The van der Waals surface area contributed by atoms with E-state index in [2.05, 4.69) is 15.6 Å². The van der Waals surface area contributed by atoms with Crippen molar-refractivity contribution in [3.05, 3.63) is 71.0 Å². The van der Waals surface area contributed by atoms with Crippen molar-refractivity contribution in [2.24, 2.45) is 4.99 Å². The monoisotopic (exact) mass is 404 g/mol. The first-order valence-electron chi connectivity index (χ1n) is 9.54. The third-order valence-electron chi connectivity index (χ3n) is 4.78. The molecule has 1 aliphatic rings. The highest BCUT2D eigenvalue weighted by Crippen LogP contribution is 2.31. The van der Waals surface area contributed by atoms with Crippen LogP contribution >= 0.6 is 0 Å². The van der Waals surface area contributed by atoms with Gasteiger partial charge in [-0.05, 0) is 60.5 Å². The lowest BCUT2D eigenvalue weighted by molar-refractivity contribution is 0.0521. The normalized spacial score (nSPS) is 12.8. The van der Waals surface area contributed by atoms with Crippen molar-refractivity contribution in [1.82, 2.24) is 5.32 Å². The van der Waals surface area contributed by atoms with Crippen LogP contribution in [0.3, 0.4) is 0 Å². The van der Waals surface area contributed by atoms with Gasteiger partial charge in [-0.1, -0.05) is 18.2 Å². The number of anilines is 1. The van der Waals surface area contributed by atoms with Gasteiger partial charge in [0.05, 0.1) is 23.4 Å². The van der Waals surface area contributed by atoms with Crippen LogP contribution < -0.4 is 10.6 Å². The third kappa shape index (κ3) is 3.74. The molecule has 0 bridgehead atoms. The fourth-order valence-electron chi connectivity index (χ4n) is 3.39. The molecular weight excluding hydrogens is 385 g/mol. The SMILES string of the molecule is CCOC(=O)c1ccc(NCc2ccc3ccc4c(c3c2)C(=O)[N]C(C)=N4)cc1F. The Bertz CT molecular complexity index is 1200. The summed E-state index contributed by atoms with van der Waals surface area (Å²) < 4.78 is 19.1. The standard InChI is InChI=1S/C23H19FN3O3/c1-3-30-23(29)17-8-7-16(11-19(17)24)25-12-14-4-5-15-6-9-20-21(18(15)10-14)22(28)27-13(2)26-20/h4-11,25H,3,12H2,1-2H3. The second-order valence-electron chi connectivity index (χ2n) is 6.86. The second kappa shape index (κ2) is 7.94. The summed E-state index contributed by atoms with van der Waals surface area (Å²) >= 11 is 0. The van der Waals surface area contributed by atoms with Crippen LogP contribution in [-0.4, -0.2) is 24.3 Å². The van der Waals surface area contributed by atoms with E-state index in [0.717, 1.165) is 16.3 Å². The van der Waals surface area contributed by atoms with E-state index in [1.54, 1.807) is 19.9 Å². The van der Waals surface area contributed by atoms with Gasteiger partial charge in [0.1, 0.15) is 11.7 Å². The zero-order valence-corrected chi connectivity index (χ0v) is 16.5. The number of nitrogens with one attached hydrogen (secondary N) is 1. The molecule has 30 heavy (non-hydrogen) atoms. The van der Waals surface area contributed by atoms with Gasteiger partial charge in [-0.3, -0.25) is 4.79 Å². The van der Waals surface area contributed by atoms with Gasteiger partial charge < -0.3 is 10.1 Å². The Balaban J connectivity index is 1.58. The fraction of sp³-hybridized carbons (Fsp3) is 0.174. The molecule has 3 aromatic carbocycles. The molecule has 0 atom stereocenters. The van der Waals surface area contributed by atoms with E-state index in [0.29, 0.717) is 29.3 Å². The molecule has 4 rings (SSSR count). The molecular formula is C23H19FN3O3. The number of benzene rings is 3. The maximum Gasteiger partial charge on any atom is 0.341 e. The van der Waals surface area contributed by atoms with E-state index in [9.17, 15) is 14.0 Å². The summed E-state index contributed by atoms with van der Waals surface area (Å²) in [4.78, 5) is 28.5. The molecule has 0 unspecified atom stereocenters. The highest BCUT2D eigenvalue weighted by molar-refractivity contribution is 6.18. The highest BCUT2D eigenvalue weighted by atomic mass is 19.1. The average molecular weight is 404 g/mol. The van der Waals surface area contributed by atoms with Crippen LogP contribution in [0.25, 0.3) is 10.8 Å². The minimum absolute atomic E-state index is 0.0992. The Morgan fingerprint density at radius 1 is 1.13 bits per heavy atom. The smallest absolute Gasteiger partial charge is 0.341 e. The summed E-state index contributed by atoms with van der Waals surface area (Å²) in [6.45, 7) is 3.95. The summed E-state index contributed by atoms with van der Waals surface area (Å²) in [5.74, 6) is -1.19. The van der Waals surface area contributed by atoms with Gasteiger partial charge >= 0.3 is 5.97 Å². The first-order valence-corrected chi connectivity index (χ1v) is 9.54. The van der Waals surface area contributed by atoms with Crippen molar-refractivity contribution in [2.45, 2.75) is 20.4 Å². The van der Waals surface area contributed by atoms with Crippen molar-refractivity contribution in [3.8, 4) is 0 Å². The molecule has 0 saturated carbocycles. The summed E-state index contributed by atoms with van der Waals surface area (Å²) in [5.41, 5.74) is 2.44. The van der Waals surface area contributed by atoms with E-state index >= 15 is 0 Å². The minimum Gasteiger partial charge on any atom is -0.462 e. The molecule has 0 spiro atoms. The lowest BCUT2D eigenvalue weighted by atomic mass is 9.98. The van der Waals surface area contributed by atoms with E-state index in [1.165, 1.54) is 12.1 Å². The van der Waals surface area contributed by atoms with Gasteiger partial charge in [0.25, 0.3) is 5.91 Å². The molecule has 1 radical (unpaired) electrons. The van der Waals surface area contributed by atoms with Gasteiger partial charge in [0.15, 0.2) is 0 Å². The molecule has 1 aliphatic heterocycles. The van der Waals surface area contributed by atoms with Crippen LogP contribution in [0.5, 0.6) is 0 Å². The topological polar surface area (TPSA) is 81.9 Å². The van der Waals surface area contributed by atoms with E-state index < -0.39 is 11.8 Å². The van der Waals surface area contributed by atoms with Crippen molar-refractivity contribution in [2.75, 3.05) is 11.9 Å². The second-order valence-corrected chi connectivity index (χ2v) is 6.86. The number of ether oxygens (including phenoxy) is 1. The van der Waals surface area contributed by atoms with E-state index in [-0.39, 0.29) is 18.1 Å². The first kappa shape index (κ1) is 19.6. The number of rotatable bonds is 5.